The van der Waals surface area contributed by atoms with Crippen molar-refractivity contribution in [1.82, 2.24) is 15.5 Å². The number of aromatic nitrogens is 2. The maximum absolute atomic E-state index is 13.3. The third kappa shape index (κ3) is 3.83. The van der Waals surface area contributed by atoms with Crippen LogP contribution in [0.3, 0.4) is 0 Å². The average molecular weight is 345 g/mol. The molecule has 3 rings (SSSR count). The molecular formula is C18H17F2N3O2. The molecule has 7 heteroatoms. The number of nitrogens with zero attached hydrogens (tertiary/aromatic N) is 2. The van der Waals surface area contributed by atoms with Crippen molar-refractivity contribution in [3.8, 4) is 17.2 Å². The number of rotatable bonds is 6. The molecule has 1 atom stereocenters. The fourth-order valence-electron chi connectivity index (χ4n) is 2.40. The van der Waals surface area contributed by atoms with Crippen LogP contribution in [-0.4, -0.2) is 17.3 Å². The van der Waals surface area contributed by atoms with Crippen LogP contribution in [0.4, 0.5) is 8.78 Å². The van der Waals surface area contributed by atoms with E-state index in [0.717, 1.165) is 6.07 Å². The smallest absolute Gasteiger partial charge is 0.251 e. The van der Waals surface area contributed by atoms with E-state index in [1.165, 1.54) is 12.1 Å². The van der Waals surface area contributed by atoms with E-state index in [2.05, 4.69) is 15.5 Å². The molecule has 0 bridgehead atoms. The van der Waals surface area contributed by atoms with Crippen LogP contribution < -0.4 is 10.1 Å². The first-order valence-electron chi connectivity index (χ1n) is 7.72. The number of methoxy groups -OCH3 is 1. The number of hydrogen-bond acceptors (Lipinski definition) is 5. The van der Waals surface area contributed by atoms with Gasteiger partial charge in [-0.3, -0.25) is 0 Å². The number of benzene rings is 2. The Balaban J connectivity index is 1.68. The van der Waals surface area contributed by atoms with Gasteiger partial charge in [-0.1, -0.05) is 18.2 Å². The molecule has 1 N–H and O–H groups in total. The van der Waals surface area contributed by atoms with E-state index in [0.29, 0.717) is 35.2 Å². The van der Waals surface area contributed by atoms with Crippen LogP contribution in [0.25, 0.3) is 11.5 Å². The van der Waals surface area contributed by atoms with Gasteiger partial charge in [0, 0.05) is 6.04 Å². The van der Waals surface area contributed by atoms with Gasteiger partial charge in [0.1, 0.15) is 5.75 Å². The Morgan fingerprint density at radius 3 is 2.68 bits per heavy atom. The lowest BCUT2D eigenvalue weighted by Crippen LogP contribution is -2.18. The standard InChI is InChI=1S/C18H17F2N3O2/c1-11(12-7-8-14(19)15(20)9-12)21-10-17-22-23-18(25-17)13-5-3-4-6-16(13)24-2/h3-9,11,21H,10H2,1-2H3. The number of para-hydroxylation sites is 1. The largest absolute Gasteiger partial charge is 0.496 e. The van der Waals surface area contributed by atoms with E-state index in [4.69, 9.17) is 9.15 Å². The molecule has 0 saturated carbocycles. The van der Waals surface area contributed by atoms with Gasteiger partial charge in [-0.25, -0.2) is 8.78 Å². The molecule has 0 saturated heterocycles. The van der Waals surface area contributed by atoms with Crippen molar-refractivity contribution in [3.05, 3.63) is 65.6 Å². The Morgan fingerprint density at radius 2 is 1.92 bits per heavy atom. The summed E-state index contributed by atoms with van der Waals surface area (Å²) in [7, 11) is 1.57. The number of halogens is 2. The molecule has 25 heavy (non-hydrogen) atoms. The van der Waals surface area contributed by atoms with Crippen molar-refractivity contribution in [1.29, 1.82) is 0 Å². The number of nitrogens with one attached hydrogen (secondary N) is 1. The van der Waals surface area contributed by atoms with E-state index in [9.17, 15) is 8.78 Å². The lowest BCUT2D eigenvalue weighted by Gasteiger charge is -2.12. The van der Waals surface area contributed by atoms with Gasteiger partial charge in [-0.2, -0.15) is 0 Å². The third-order valence-electron chi connectivity index (χ3n) is 3.81. The normalized spacial score (nSPS) is 12.2. The van der Waals surface area contributed by atoms with Crippen LogP contribution >= 0.6 is 0 Å². The zero-order valence-corrected chi connectivity index (χ0v) is 13.8. The van der Waals surface area contributed by atoms with Gasteiger partial charge in [0.25, 0.3) is 5.89 Å². The van der Waals surface area contributed by atoms with Crippen LogP contribution in [0.15, 0.2) is 46.9 Å². The molecule has 0 radical (unpaired) electrons. The quantitative estimate of drug-likeness (QED) is 0.735. The van der Waals surface area contributed by atoms with Crippen LogP contribution in [0.5, 0.6) is 5.75 Å². The highest BCUT2D eigenvalue weighted by atomic mass is 19.2. The highest BCUT2D eigenvalue weighted by Crippen LogP contribution is 2.28. The summed E-state index contributed by atoms with van der Waals surface area (Å²) in [5, 5.41) is 11.2. The van der Waals surface area contributed by atoms with E-state index in [-0.39, 0.29) is 6.04 Å². The highest BCUT2D eigenvalue weighted by molar-refractivity contribution is 5.62. The summed E-state index contributed by atoms with van der Waals surface area (Å²) < 4.78 is 37.2. The van der Waals surface area contributed by atoms with Crippen molar-refractivity contribution in [3.63, 3.8) is 0 Å². The number of ether oxygens (including phenoxy) is 1. The Labute approximate surface area is 143 Å². The molecule has 5 nitrogen and oxygen atoms in total. The van der Waals surface area contributed by atoms with Crippen LogP contribution in [0.1, 0.15) is 24.4 Å². The van der Waals surface area contributed by atoms with E-state index >= 15 is 0 Å². The summed E-state index contributed by atoms with van der Waals surface area (Å²) in [4.78, 5) is 0. The molecule has 0 aliphatic rings. The van der Waals surface area contributed by atoms with Gasteiger partial charge >= 0.3 is 0 Å². The fourth-order valence-corrected chi connectivity index (χ4v) is 2.40. The first kappa shape index (κ1) is 17.0. The predicted molar refractivity (Wildman–Crippen MR) is 87.9 cm³/mol. The van der Waals surface area contributed by atoms with Crippen molar-refractivity contribution in [2.24, 2.45) is 0 Å². The van der Waals surface area contributed by atoms with Gasteiger partial charge in [-0.15, -0.1) is 10.2 Å². The molecule has 1 heterocycles. The van der Waals surface area contributed by atoms with Crippen LogP contribution in [0.2, 0.25) is 0 Å². The van der Waals surface area contributed by atoms with E-state index in [1.807, 2.05) is 31.2 Å². The lowest BCUT2D eigenvalue weighted by molar-refractivity contribution is 0.412. The second-order valence-corrected chi connectivity index (χ2v) is 5.48. The SMILES string of the molecule is COc1ccccc1-c1nnc(CNC(C)c2ccc(F)c(F)c2)o1. The summed E-state index contributed by atoms with van der Waals surface area (Å²) in [5.74, 6) is -0.359. The summed E-state index contributed by atoms with van der Waals surface area (Å²) >= 11 is 0. The number of hydrogen-bond donors (Lipinski definition) is 1. The molecule has 3 aromatic rings. The molecule has 0 spiro atoms. The van der Waals surface area contributed by atoms with Crippen molar-refractivity contribution in [2.45, 2.75) is 19.5 Å². The highest BCUT2D eigenvalue weighted by Gasteiger charge is 2.14. The maximum Gasteiger partial charge on any atom is 0.251 e. The molecule has 1 aromatic heterocycles. The van der Waals surface area contributed by atoms with Gasteiger partial charge in [0.2, 0.25) is 5.89 Å². The monoisotopic (exact) mass is 345 g/mol. The summed E-state index contributed by atoms with van der Waals surface area (Å²) in [5.41, 5.74) is 1.33. The Kier molecular flexibility index (Phi) is 5.04. The molecule has 0 aliphatic heterocycles. The summed E-state index contributed by atoms with van der Waals surface area (Å²) in [6.45, 7) is 2.13. The Bertz CT molecular complexity index is 867. The van der Waals surface area contributed by atoms with Gasteiger partial charge in [-0.05, 0) is 36.8 Å². The summed E-state index contributed by atoms with van der Waals surface area (Å²) in [6, 6.07) is 10.9. The Hall–Kier alpha value is -2.80. The molecule has 1 unspecified atom stereocenters. The molecule has 0 amide bonds. The van der Waals surface area contributed by atoms with E-state index < -0.39 is 11.6 Å². The third-order valence-corrected chi connectivity index (χ3v) is 3.81. The molecule has 130 valence electrons. The van der Waals surface area contributed by atoms with Crippen LogP contribution in [-0.2, 0) is 6.54 Å². The fraction of sp³-hybridized carbons (Fsp3) is 0.222. The maximum atomic E-state index is 13.3. The first-order valence-corrected chi connectivity index (χ1v) is 7.72. The first-order chi connectivity index (χ1) is 12.1. The molecule has 0 aliphatic carbocycles. The van der Waals surface area contributed by atoms with Crippen molar-refractivity contribution in [2.75, 3.05) is 7.11 Å². The predicted octanol–water partition coefficient (Wildman–Crippen LogP) is 3.87. The van der Waals surface area contributed by atoms with Crippen molar-refractivity contribution < 1.29 is 17.9 Å². The van der Waals surface area contributed by atoms with Gasteiger partial charge in [0.05, 0.1) is 19.2 Å². The van der Waals surface area contributed by atoms with Gasteiger partial charge < -0.3 is 14.5 Å². The second-order valence-electron chi connectivity index (χ2n) is 5.48. The lowest BCUT2D eigenvalue weighted by atomic mass is 10.1. The molecular weight excluding hydrogens is 328 g/mol. The molecule has 2 aromatic carbocycles. The molecule has 0 fully saturated rings. The minimum absolute atomic E-state index is 0.211. The Morgan fingerprint density at radius 1 is 1.12 bits per heavy atom. The minimum Gasteiger partial charge on any atom is -0.496 e. The minimum atomic E-state index is -0.873. The van der Waals surface area contributed by atoms with Crippen molar-refractivity contribution >= 4 is 0 Å². The van der Waals surface area contributed by atoms with E-state index in [1.54, 1.807) is 7.11 Å². The van der Waals surface area contributed by atoms with Crippen LogP contribution in [0, 0.1) is 11.6 Å². The van der Waals surface area contributed by atoms with Gasteiger partial charge in [0.15, 0.2) is 11.6 Å². The zero-order valence-electron chi connectivity index (χ0n) is 13.8. The zero-order chi connectivity index (χ0) is 17.8. The topological polar surface area (TPSA) is 60.2 Å². The average Bonchev–Trinajstić information content (AvgIpc) is 3.10. The summed E-state index contributed by atoms with van der Waals surface area (Å²) in [6.07, 6.45) is 0. The second kappa shape index (κ2) is 7.40.